The van der Waals surface area contributed by atoms with Crippen molar-refractivity contribution in [1.29, 1.82) is 0 Å². The minimum absolute atomic E-state index is 0.116. The number of hydrogen-bond donors (Lipinski definition) is 1. The standard InChI is InChI=1S/C15H14F9NO8S3/c16-12(17,13(18,19)34(26,27)25-35(28,29)15(22,23)24)14(20,21)36(30,31)33-32-11-7-5-10(6-8-11)9-3-1-2-4-9/h5-9,25H,1-4H2. The Labute approximate surface area is 197 Å². The van der Waals surface area contributed by atoms with E-state index in [0.717, 1.165) is 37.8 Å². The minimum Gasteiger partial charge on any atom is -0.321 e. The van der Waals surface area contributed by atoms with Gasteiger partial charge in [-0.1, -0.05) is 29.1 Å². The van der Waals surface area contributed by atoms with Crippen molar-refractivity contribution in [2.45, 2.75) is 53.5 Å². The molecule has 0 amide bonds. The van der Waals surface area contributed by atoms with Crippen LogP contribution in [0.15, 0.2) is 24.3 Å². The second-order valence-electron chi connectivity index (χ2n) is 7.30. The van der Waals surface area contributed by atoms with E-state index in [0.29, 0.717) is 5.56 Å². The number of benzene rings is 1. The molecule has 0 heterocycles. The van der Waals surface area contributed by atoms with Crippen LogP contribution in [0, 0.1) is 0 Å². The molecular weight excluding hydrogens is 589 g/mol. The van der Waals surface area contributed by atoms with Gasteiger partial charge in [-0.25, -0.2) is 16.8 Å². The Hall–Kier alpha value is -1.84. The van der Waals surface area contributed by atoms with Gasteiger partial charge in [0.15, 0.2) is 5.75 Å². The normalized spacial score (nSPS) is 17.4. The maximum Gasteiger partial charge on any atom is 0.512 e. The summed E-state index contributed by atoms with van der Waals surface area (Å²) in [5, 5.41) is -14.6. The summed E-state index contributed by atoms with van der Waals surface area (Å²) in [5.41, 5.74) is -5.95. The molecule has 0 atom stereocenters. The van der Waals surface area contributed by atoms with E-state index in [9.17, 15) is 64.8 Å². The van der Waals surface area contributed by atoms with Gasteiger partial charge < -0.3 is 4.89 Å². The predicted molar refractivity (Wildman–Crippen MR) is 100 cm³/mol. The summed E-state index contributed by atoms with van der Waals surface area (Å²) in [5.74, 6) is -8.18. The lowest BCUT2D eigenvalue weighted by Crippen LogP contribution is -2.63. The van der Waals surface area contributed by atoms with E-state index < -0.39 is 62.0 Å². The van der Waals surface area contributed by atoms with Crippen molar-refractivity contribution in [3.8, 4) is 5.75 Å². The molecule has 1 fully saturated rings. The summed E-state index contributed by atoms with van der Waals surface area (Å²) in [4.78, 5) is 3.94. The Kier molecular flexibility index (Phi) is 8.00. The van der Waals surface area contributed by atoms with Crippen molar-refractivity contribution >= 4 is 30.2 Å². The molecule has 1 saturated carbocycles. The van der Waals surface area contributed by atoms with Gasteiger partial charge >= 0.3 is 42.1 Å². The summed E-state index contributed by atoms with van der Waals surface area (Å²) in [6, 6.07) is 4.57. The molecule has 0 aliphatic heterocycles. The Balaban J connectivity index is 2.28. The SMILES string of the molecule is O=S(=O)(NS(=O)(=O)C(F)(F)C(F)(F)C(F)(F)S(=O)(=O)OOc1ccc(C2CCCC2)cc1)C(F)(F)F. The van der Waals surface area contributed by atoms with Crippen molar-refractivity contribution in [3.05, 3.63) is 29.8 Å². The molecule has 208 valence electrons. The Bertz CT molecular complexity index is 1270. The van der Waals surface area contributed by atoms with Crippen LogP contribution in [0.4, 0.5) is 39.5 Å². The molecule has 1 aliphatic carbocycles. The van der Waals surface area contributed by atoms with Crippen molar-refractivity contribution in [2.24, 2.45) is 0 Å². The number of hydrogen-bond acceptors (Lipinski definition) is 8. The maximum absolute atomic E-state index is 14.0. The first-order chi connectivity index (χ1) is 16.0. The van der Waals surface area contributed by atoms with Crippen LogP contribution in [-0.2, 0) is 34.5 Å². The van der Waals surface area contributed by atoms with Crippen LogP contribution in [-0.4, -0.2) is 47.2 Å². The fraction of sp³-hybridized carbons (Fsp3) is 0.600. The molecule has 0 unspecified atom stereocenters. The van der Waals surface area contributed by atoms with Gasteiger partial charge in [0.25, 0.3) is 10.0 Å². The van der Waals surface area contributed by atoms with E-state index in [2.05, 4.69) is 9.22 Å². The van der Waals surface area contributed by atoms with Gasteiger partial charge in [-0.3, -0.25) is 0 Å². The lowest BCUT2D eigenvalue weighted by atomic mass is 9.98. The number of alkyl halides is 9. The molecular formula is C15H14F9NO8S3. The second-order valence-corrected chi connectivity index (χ2v) is 12.5. The maximum atomic E-state index is 14.0. The molecule has 0 spiro atoms. The van der Waals surface area contributed by atoms with E-state index in [4.69, 9.17) is 0 Å². The molecule has 36 heavy (non-hydrogen) atoms. The average molecular weight is 603 g/mol. The third-order valence-corrected chi connectivity index (χ3v) is 9.26. The first kappa shape index (κ1) is 30.4. The molecule has 0 bridgehead atoms. The van der Waals surface area contributed by atoms with Gasteiger partial charge in [0, 0.05) is 0 Å². The third-order valence-electron chi connectivity index (χ3n) is 4.83. The lowest BCUT2D eigenvalue weighted by molar-refractivity contribution is -0.251. The third kappa shape index (κ3) is 5.38. The highest BCUT2D eigenvalue weighted by atomic mass is 32.3. The molecule has 0 saturated heterocycles. The van der Waals surface area contributed by atoms with Crippen LogP contribution in [0.5, 0.6) is 5.75 Å². The number of rotatable bonds is 10. The highest BCUT2D eigenvalue weighted by Gasteiger charge is 2.83. The van der Waals surface area contributed by atoms with Gasteiger partial charge in [-0.05, 0) is 40.8 Å². The molecule has 1 aliphatic rings. The van der Waals surface area contributed by atoms with Gasteiger partial charge in [0.1, 0.15) is 0 Å². The van der Waals surface area contributed by atoms with Crippen molar-refractivity contribution in [3.63, 3.8) is 0 Å². The van der Waals surface area contributed by atoms with Crippen LogP contribution in [0.2, 0.25) is 0 Å². The van der Waals surface area contributed by atoms with Crippen LogP contribution < -0.4 is 9.01 Å². The predicted octanol–water partition coefficient (Wildman–Crippen LogP) is 3.57. The summed E-state index contributed by atoms with van der Waals surface area (Å²) in [7, 11) is -22.5. The fourth-order valence-electron chi connectivity index (χ4n) is 2.92. The fourth-order valence-corrected chi connectivity index (χ4v) is 6.10. The number of sulfonamides is 2. The first-order valence-corrected chi connectivity index (χ1v) is 13.6. The quantitative estimate of drug-likeness (QED) is 0.244. The average Bonchev–Trinajstić information content (AvgIpc) is 3.25. The van der Waals surface area contributed by atoms with Crippen LogP contribution in [0.1, 0.15) is 37.2 Å². The molecule has 21 heteroatoms. The Morgan fingerprint density at radius 3 is 1.64 bits per heavy atom. The molecule has 1 aromatic carbocycles. The van der Waals surface area contributed by atoms with E-state index in [1.165, 1.54) is 12.1 Å². The zero-order valence-electron chi connectivity index (χ0n) is 17.1. The molecule has 9 nitrogen and oxygen atoms in total. The van der Waals surface area contributed by atoms with Gasteiger partial charge in [0.2, 0.25) is 0 Å². The molecule has 0 aromatic heterocycles. The molecule has 0 radical (unpaired) electrons. The first-order valence-electron chi connectivity index (χ1n) is 9.19. The van der Waals surface area contributed by atoms with Crippen molar-refractivity contribution in [2.75, 3.05) is 0 Å². The van der Waals surface area contributed by atoms with E-state index in [1.54, 1.807) is 0 Å². The zero-order chi connectivity index (χ0) is 28.0. The van der Waals surface area contributed by atoms with Gasteiger partial charge in [-0.2, -0.15) is 47.9 Å². The summed E-state index contributed by atoms with van der Waals surface area (Å²) < 4.78 is 189. The highest BCUT2D eigenvalue weighted by Crippen LogP contribution is 2.51. The minimum atomic E-state index is -7.86. The van der Waals surface area contributed by atoms with Gasteiger partial charge in [0.05, 0.1) is 0 Å². The summed E-state index contributed by atoms with van der Waals surface area (Å²) in [6.45, 7) is 0. The van der Waals surface area contributed by atoms with E-state index >= 15 is 0 Å². The largest absolute Gasteiger partial charge is 0.512 e. The van der Waals surface area contributed by atoms with Crippen LogP contribution in [0.25, 0.3) is 0 Å². The Morgan fingerprint density at radius 1 is 0.722 bits per heavy atom. The monoisotopic (exact) mass is 603 g/mol. The Morgan fingerprint density at radius 2 is 1.19 bits per heavy atom. The summed E-state index contributed by atoms with van der Waals surface area (Å²) >= 11 is 0. The van der Waals surface area contributed by atoms with Crippen LogP contribution >= 0.6 is 0 Å². The van der Waals surface area contributed by atoms with E-state index in [-0.39, 0.29) is 5.92 Å². The van der Waals surface area contributed by atoms with Crippen LogP contribution in [0.3, 0.4) is 0 Å². The molecule has 1 N–H and O–H groups in total. The van der Waals surface area contributed by atoms with Crippen molar-refractivity contribution in [1.82, 2.24) is 4.13 Å². The number of halogens is 9. The topological polar surface area (TPSA) is 133 Å². The van der Waals surface area contributed by atoms with Gasteiger partial charge in [-0.15, -0.1) is 0 Å². The highest BCUT2D eigenvalue weighted by molar-refractivity contribution is 8.05. The summed E-state index contributed by atoms with van der Waals surface area (Å²) in [6.07, 6.45) is 3.46. The smallest absolute Gasteiger partial charge is 0.321 e. The second kappa shape index (κ2) is 9.48. The lowest BCUT2D eigenvalue weighted by Gasteiger charge is -2.30. The van der Waals surface area contributed by atoms with E-state index in [1.807, 2.05) is 0 Å². The zero-order valence-corrected chi connectivity index (χ0v) is 19.6. The number of nitrogens with one attached hydrogen (secondary N) is 1. The van der Waals surface area contributed by atoms with Crippen molar-refractivity contribution < 1.29 is 74.0 Å². The molecule has 2 rings (SSSR count). The molecule has 1 aromatic rings.